The lowest BCUT2D eigenvalue weighted by Crippen LogP contribution is -2.10. The molecule has 3 heteroatoms. The Kier molecular flexibility index (Phi) is 1.13. The van der Waals surface area contributed by atoms with Gasteiger partial charge >= 0.3 is 0 Å². The van der Waals surface area contributed by atoms with E-state index in [1.807, 2.05) is 0 Å². The van der Waals surface area contributed by atoms with Gasteiger partial charge in [-0.1, -0.05) is 0 Å². The van der Waals surface area contributed by atoms with Gasteiger partial charge in [-0.15, -0.1) is 0 Å². The number of nitrogens with zero attached hydrogens (tertiary/aromatic N) is 1. The highest BCUT2D eigenvalue weighted by molar-refractivity contribution is 5.92. The molecule has 0 atom stereocenters. The van der Waals surface area contributed by atoms with Crippen LogP contribution in [0, 0.1) is 0 Å². The zero-order valence-electron chi connectivity index (χ0n) is 5.66. The summed E-state index contributed by atoms with van der Waals surface area (Å²) in [6.45, 7) is 0. The van der Waals surface area contributed by atoms with Crippen LogP contribution in [0.2, 0.25) is 0 Å². The molecule has 1 rings (SSSR count). The fraction of sp³-hybridized carbons (Fsp3) is 0. The van der Waals surface area contributed by atoms with Crippen LogP contribution in [-0.2, 0) is 0 Å². The van der Waals surface area contributed by atoms with Gasteiger partial charge in [0.2, 0.25) is 5.91 Å². The number of nitrogens with two attached hydrogens (primary N) is 1. The Labute approximate surface area is 53.9 Å². The second-order valence-corrected chi connectivity index (χ2v) is 1.54. The molecule has 1 amide bonds. The van der Waals surface area contributed by atoms with Gasteiger partial charge in [0, 0.05) is 17.9 Å². The normalized spacial score (nSPS) is 10.4. The first-order valence-corrected chi connectivity index (χ1v) is 2.42. The summed E-state index contributed by atoms with van der Waals surface area (Å²) >= 11 is 0. The molecule has 3 nitrogen and oxygen atoms in total. The number of primary amides is 1. The topological polar surface area (TPSA) is 56.0 Å². The first kappa shape index (κ1) is 4.49. The van der Waals surface area contributed by atoms with Gasteiger partial charge in [0.25, 0.3) is 0 Å². The third kappa shape index (κ3) is 1.25. The SMILES string of the molecule is [1H]c1cc(C(N)=O)ccn1. The van der Waals surface area contributed by atoms with E-state index in [1.54, 1.807) is 0 Å². The van der Waals surface area contributed by atoms with Crippen LogP contribution in [0.5, 0.6) is 0 Å². The maximum absolute atomic E-state index is 10.5. The second kappa shape index (κ2) is 2.26. The summed E-state index contributed by atoms with van der Waals surface area (Å²) in [7, 11) is 0. The van der Waals surface area contributed by atoms with Crippen LogP contribution in [0.25, 0.3) is 0 Å². The third-order valence-electron chi connectivity index (χ3n) is 0.908. The fourth-order valence-electron chi connectivity index (χ4n) is 0.469. The third-order valence-corrected chi connectivity index (χ3v) is 0.908. The van der Waals surface area contributed by atoms with Gasteiger partial charge in [-0.25, -0.2) is 0 Å². The fourth-order valence-corrected chi connectivity index (χ4v) is 0.469. The van der Waals surface area contributed by atoms with E-state index in [0.29, 0.717) is 5.56 Å². The maximum atomic E-state index is 10.5. The number of carbonyl (C=O) groups is 1. The Bertz CT molecular complexity index is 262. The molecule has 2 N–H and O–H groups in total. The van der Waals surface area contributed by atoms with Gasteiger partial charge in [-0.2, -0.15) is 0 Å². The van der Waals surface area contributed by atoms with Gasteiger partial charge in [0.1, 0.15) is 0 Å². The molecule has 0 aliphatic rings. The smallest absolute Gasteiger partial charge is 0.248 e. The molecule has 0 saturated carbocycles. The number of hydrogen-bond acceptors (Lipinski definition) is 2. The van der Waals surface area contributed by atoms with Gasteiger partial charge < -0.3 is 5.73 Å². The van der Waals surface area contributed by atoms with Crippen molar-refractivity contribution in [3.8, 4) is 0 Å². The summed E-state index contributed by atoms with van der Waals surface area (Å²) in [5, 5.41) is 0. The van der Waals surface area contributed by atoms with Crippen LogP contribution in [0.15, 0.2) is 24.5 Å². The lowest BCUT2D eigenvalue weighted by Gasteiger charge is -1.88. The van der Waals surface area contributed by atoms with E-state index >= 15 is 0 Å². The van der Waals surface area contributed by atoms with Gasteiger partial charge in [-0.3, -0.25) is 9.78 Å². The average molecular weight is 122 g/mol. The molecule has 46 valence electrons. The molecule has 1 aromatic heterocycles. The van der Waals surface area contributed by atoms with E-state index < -0.39 is 5.91 Å². The van der Waals surface area contributed by atoms with Crippen LogP contribution in [0.3, 0.4) is 0 Å². The number of rotatable bonds is 1. The van der Waals surface area contributed by atoms with Crippen LogP contribution in [-0.4, -0.2) is 10.9 Å². The molecule has 0 fully saturated rings. The molecule has 0 spiro atoms. The van der Waals surface area contributed by atoms with Crippen molar-refractivity contribution in [2.24, 2.45) is 5.73 Å². The largest absolute Gasteiger partial charge is 0.366 e. The minimum absolute atomic E-state index is 0.0521. The van der Waals surface area contributed by atoms with Crippen molar-refractivity contribution in [3.63, 3.8) is 0 Å². The quantitative estimate of drug-likeness (QED) is 0.577. The van der Waals surface area contributed by atoms with Gasteiger partial charge in [0.15, 0.2) is 0 Å². The number of carbonyl (C=O) groups excluding carboxylic acids is 1. The number of pyridine rings is 1. The summed E-state index contributed by atoms with van der Waals surface area (Å²) in [5.41, 5.74) is 5.25. The van der Waals surface area contributed by atoms with E-state index in [9.17, 15) is 4.79 Å². The minimum atomic E-state index is -0.532. The predicted octanol–water partition coefficient (Wildman–Crippen LogP) is 0.181. The number of hydrogen-bond donors (Lipinski definition) is 1. The van der Waals surface area contributed by atoms with Crippen LogP contribution in [0.4, 0.5) is 0 Å². The molecule has 0 saturated heterocycles. The van der Waals surface area contributed by atoms with Crippen molar-refractivity contribution in [1.82, 2.24) is 4.98 Å². The van der Waals surface area contributed by atoms with Crippen molar-refractivity contribution >= 4 is 5.91 Å². The van der Waals surface area contributed by atoms with Gasteiger partial charge in [0.05, 0.1) is 1.37 Å². The molecular formula is C6H6N2O. The van der Waals surface area contributed by atoms with Crippen LogP contribution < -0.4 is 5.73 Å². The Morgan fingerprint density at radius 1 is 1.78 bits per heavy atom. The lowest BCUT2D eigenvalue weighted by atomic mass is 10.3. The molecule has 9 heavy (non-hydrogen) atoms. The van der Waals surface area contributed by atoms with Crippen molar-refractivity contribution in [1.29, 1.82) is 0 Å². The average Bonchev–Trinajstić information content (AvgIpc) is 1.88. The Morgan fingerprint density at radius 3 is 3.00 bits per heavy atom. The highest BCUT2D eigenvalue weighted by atomic mass is 16.1. The highest BCUT2D eigenvalue weighted by Crippen LogP contribution is 1.91. The first-order valence-electron chi connectivity index (χ1n) is 2.92. The maximum Gasteiger partial charge on any atom is 0.248 e. The second-order valence-electron chi connectivity index (χ2n) is 1.54. The van der Waals surface area contributed by atoms with Crippen molar-refractivity contribution in [2.75, 3.05) is 0 Å². The Hall–Kier alpha value is -1.38. The van der Waals surface area contributed by atoms with E-state index in [0.717, 1.165) is 0 Å². The van der Waals surface area contributed by atoms with Crippen molar-refractivity contribution < 1.29 is 6.17 Å². The van der Waals surface area contributed by atoms with E-state index in [4.69, 9.17) is 7.10 Å². The first-order chi connectivity index (χ1) is 4.70. The molecule has 0 unspecified atom stereocenters. The Balaban J connectivity index is 3.07. The van der Waals surface area contributed by atoms with Crippen LogP contribution in [0.1, 0.15) is 11.7 Å². The molecule has 0 aliphatic heterocycles. The zero-order valence-corrected chi connectivity index (χ0v) is 4.66. The lowest BCUT2D eigenvalue weighted by molar-refractivity contribution is 0.1000. The summed E-state index contributed by atoms with van der Waals surface area (Å²) in [4.78, 5) is 14.0. The highest BCUT2D eigenvalue weighted by Gasteiger charge is 1.94. The van der Waals surface area contributed by atoms with E-state index in [2.05, 4.69) is 4.98 Å². The zero-order chi connectivity index (χ0) is 7.56. The van der Waals surface area contributed by atoms with Crippen LogP contribution >= 0.6 is 0 Å². The number of aromatic nitrogens is 1. The monoisotopic (exact) mass is 122 g/mol. The molecule has 1 heterocycles. The molecule has 0 aromatic carbocycles. The standard InChI is InChI=1S/C6H6N2O/c7-6(9)5-1-3-8-4-2-5/h1-4H,(H2,7,9)/i3H. The Morgan fingerprint density at radius 2 is 2.56 bits per heavy atom. The summed E-state index contributed by atoms with van der Waals surface area (Å²) in [6, 6.07) is 2.79. The molecule has 0 radical (unpaired) electrons. The molecule has 1 aromatic rings. The minimum Gasteiger partial charge on any atom is -0.366 e. The number of amides is 1. The van der Waals surface area contributed by atoms with E-state index in [-0.39, 0.29) is 6.17 Å². The molecule has 0 aliphatic carbocycles. The molecular weight excluding hydrogens is 116 g/mol. The predicted molar refractivity (Wildman–Crippen MR) is 32.8 cm³/mol. The summed E-state index contributed by atoms with van der Waals surface area (Å²) < 4.78 is 7.01. The summed E-state index contributed by atoms with van der Waals surface area (Å²) in [5.74, 6) is -0.532. The van der Waals surface area contributed by atoms with E-state index in [1.165, 1.54) is 18.3 Å². The van der Waals surface area contributed by atoms with Crippen molar-refractivity contribution in [2.45, 2.75) is 0 Å². The van der Waals surface area contributed by atoms with Gasteiger partial charge in [-0.05, 0) is 12.1 Å². The summed E-state index contributed by atoms with van der Waals surface area (Å²) in [6.07, 6.45) is 1.43. The van der Waals surface area contributed by atoms with Crippen molar-refractivity contribution in [3.05, 3.63) is 30.1 Å². The molecule has 0 bridgehead atoms.